The van der Waals surface area contributed by atoms with E-state index in [2.05, 4.69) is 32.7 Å². The number of amides is 3. The van der Waals surface area contributed by atoms with Crippen LogP contribution in [0.5, 0.6) is 0 Å². The van der Waals surface area contributed by atoms with Crippen LogP contribution in [0.2, 0.25) is 0 Å². The van der Waals surface area contributed by atoms with Crippen LogP contribution in [0.25, 0.3) is 0 Å². The van der Waals surface area contributed by atoms with Crippen molar-refractivity contribution in [2.24, 2.45) is 4.99 Å². The van der Waals surface area contributed by atoms with Crippen LogP contribution in [0.4, 0.5) is 16.2 Å². The number of dihydropyridines is 1. The van der Waals surface area contributed by atoms with Gasteiger partial charge in [0.2, 0.25) is 0 Å². The maximum Gasteiger partial charge on any atom is 0.324 e. The molecular weight excluding hydrogens is 402 g/mol. The van der Waals surface area contributed by atoms with Gasteiger partial charge in [0.15, 0.2) is 0 Å². The molecule has 1 saturated carbocycles. The molecule has 7 nitrogen and oxygen atoms in total. The van der Waals surface area contributed by atoms with Crippen molar-refractivity contribution in [2.45, 2.75) is 50.1 Å². The van der Waals surface area contributed by atoms with Gasteiger partial charge < -0.3 is 15.5 Å². The molecule has 0 aromatic heterocycles. The standard InChI is InChI=1S/C25H25N5O2/c31-23-19-11-10-18(30-20-9-6-14-26-22(20)27-24(30)32)15-21(19)29(16-17-7-2-1-3-8-17)25(28-23)12-4-5-13-25/h1-3,6-11,14-15,20,22H,4-5,12-13,16H2,(H,27,32)(H,28,31). The Kier molecular flexibility index (Phi) is 4.31. The minimum atomic E-state index is -0.386. The molecule has 7 heteroatoms. The van der Waals surface area contributed by atoms with Crippen LogP contribution in [0.1, 0.15) is 41.6 Å². The highest BCUT2D eigenvalue weighted by Crippen LogP contribution is 2.43. The highest BCUT2D eigenvalue weighted by Gasteiger charge is 2.46. The summed E-state index contributed by atoms with van der Waals surface area (Å²) in [4.78, 5) is 34.4. The molecule has 3 aliphatic heterocycles. The predicted molar refractivity (Wildman–Crippen MR) is 124 cm³/mol. The lowest BCUT2D eigenvalue weighted by Gasteiger charge is -2.48. The second-order valence-corrected chi connectivity index (χ2v) is 8.90. The number of urea groups is 1. The third-order valence-corrected chi connectivity index (χ3v) is 7.02. The van der Waals surface area contributed by atoms with E-state index in [0.29, 0.717) is 12.1 Å². The van der Waals surface area contributed by atoms with E-state index in [9.17, 15) is 9.59 Å². The van der Waals surface area contributed by atoms with Gasteiger partial charge in [-0.25, -0.2) is 4.79 Å². The maximum atomic E-state index is 13.1. The third-order valence-electron chi connectivity index (χ3n) is 7.02. The summed E-state index contributed by atoms with van der Waals surface area (Å²) in [5.74, 6) is -0.0383. The van der Waals surface area contributed by atoms with Gasteiger partial charge in [0.1, 0.15) is 11.8 Å². The molecular formula is C25H25N5O2. The molecule has 3 amide bonds. The minimum absolute atomic E-state index is 0.0383. The van der Waals surface area contributed by atoms with E-state index < -0.39 is 0 Å². The summed E-state index contributed by atoms with van der Waals surface area (Å²) in [6.45, 7) is 0.694. The van der Waals surface area contributed by atoms with Gasteiger partial charge >= 0.3 is 6.03 Å². The Morgan fingerprint density at radius 1 is 1.06 bits per heavy atom. The molecule has 1 aliphatic carbocycles. The van der Waals surface area contributed by atoms with E-state index in [1.807, 2.05) is 48.6 Å². The first-order valence-corrected chi connectivity index (χ1v) is 11.2. The largest absolute Gasteiger partial charge is 0.344 e. The number of benzene rings is 2. The van der Waals surface area contributed by atoms with Crippen molar-refractivity contribution < 1.29 is 9.59 Å². The van der Waals surface area contributed by atoms with E-state index in [-0.39, 0.29) is 29.8 Å². The molecule has 4 aliphatic rings. The van der Waals surface area contributed by atoms with Gasteiger partial charge in [-0.2, -0.15) is 0 Å². The Hall–Kier alpha value is -3.61. The fraction of sp³-hybridized carbons (Fsp3) is 0.320. The summed E-state index contributed by atoms with van der Waals surface area (Å²) in [5.41, 5.74) is 3.11. The third kappa shape index (κ3) is 2.92. The summed E-state index contributed by atoms with van der Waals surface area (Å²) < 4.78 is 0. The summed E-state index contributed by atoms with van der Waals surface area (Å²) in [6, 6.07) is 15.7. The SMILES string of the molecule is O=C1NC2(CCCC2)N(Cc2ccccc2)c2cc(N3C(=O)NC4N=CC=CC43)ccc21. The number of hydrogen-bond acceptors (Lipinski definition) is 4. The number of carbonyl (C=O) groups is 2. The van der Waals surface area contributed by atoms with E-state index in [4.69, 9.17) is 0 Å². The first-order chi connectivity index (χ1) is 15.6. The number of rotatable bonds is 3. The van der Waals surface area contributed by atoms with Crippen molar-refractivity contribution in [3.8, 4) is 0 Å². The topological polar surface area (TPSA) is 77.0 Å². The number of anilines is 2. The van der Waals surface area contributed by atoms with Gasteiger partial charge in [-0.3, -0.25) is 14.7 Å². The lowest BCUT2D eigenvalue weighted by Crippen LogP contribution is -2.62. The van der Waals surface area contributed by atoms with E-state index in [0.717, 1.165) is 37.1 Å². The zero-order valence-electron chi connectivity index (χ0n) is 17.7. The summed E-state index contributed by atoms with van der Waals surface area (Å²) in [7, 11) is 0. The Morgan fingerprint density at radius 2 is 1.88 bits per heavy atom. The monoisotopic (exact) mass is 427 g/mol. The number of allylic oxidation sites excluding steroid dienone is 1. The lowest BCUT2D eigenvalue weighted by atomic mass is 9.95. The maximum absolute atomic E-state index is 13.1. The average Bonchev–Trinajstić information content (AvgIpc) is 3.41. The second kappa shape index (κ2) is 7.22. The first kappa shape index (κ1) is 19.1. The van der Waals surface area contributed by atoms with Gasteiger partial charge in [0.05, 0.1) is 17.3 Å². The van der Waals surface area contributed by atoms with Crippen LogP contribution >= 0.6 is 0 Å². The number of carbonyl (C=O) groups excluding carboxylic acids is 2. The van der Waals surface area contributed by atoms with Crippen molar-refractivity contribution in [1.82, 2.24) is 10.6 Å². The molecule has 0 bridgehead atoms. The van der Waals surface area contributed by atoms with Gasteiger partial charge in [0.25, 0.3) is 5.91 Å². The lowest BCUT2D eigenvalue weighted by molar-refractivity contribution is 0.0880. The number of fused-ring (bicyclic) bond motifs is 2. The van der Waals surface area contributed by atoms with Gasteiger partial charge in [-0.05, 0) is 55.5 Å². The zero-order valence-corrected chi connectivity index (χ0v) is 17.7. The van der Waals surface area contributed by atoms with Gasteiger partial charge in [-0.15, -0.1) is 0 Å². The highest BCUT2D eigenvalue weighted by molar-refractivity contribution is 6.05. The zero-order chi connectivity index (χ0) is 21.7. The number of nitrogens with one attached hydrogen (secondary N) is 2. The van der Waals surface area contributed by atoms with Crippen molar-refractivity contribution in [3.63, 3.8) is 0 Å². The van der Waals surface area contributed by atoms with Crippen LogP contribution < -0.4 is 20.4 Å². The molecule has 3 heterocycles. The van der Waals surface area contributed by atoms with E-state index in [1.54, 1.807) is 11.1 Å². The van der Waals surface area contributed by atoms with Crippen LogP contribution in [-0.2, 0) is 6.54 Å². The molecule has 2 aromatic carbocycles. The fourth-order valence-electron chi connectivity index (χ4n) is 5.49. The van der Waals surface area contributed by atoms with Gasteiger partial charge in [0, 0.05) is 18.4 Å². The van der Waals surface area contributed by atoms with E-state index >= 15 is 0 Å². The molecule has 2 aromatic rings. The van der Waals surface area contributed by atoms with Crippen molar-refractivity contribution in [3.05, 3.63) is 71.8 Å². The van der Waals surface area contributed by atoms with Crippen molar-refractivity contribution in [2.75, 3.05) is 9.80 Å². The Balaban J connectivity index is 1.45. The predicted octanol–water partition coefficient (Wildman–Crippen LogP) is 3.57. The Morgan fingerprint density at radius 3 is 2.69 bits per heavy atom. The Labute approximate surface area is 186 Å². The van der Waals surface area contributed by atoms with Crippen LogP contribution in [-0.4, -0.2) is 36.0 Å². The summed E-state index contributed by atoms with van der Waals surface area (Å²) in [5, 5.41) is 6.26. The highest BCUT2D eigenvalue weighted by atomic mass is 16.2. The molecule has 2 N–H and O–H groups in total. The molecule has 1 saturated heterocycles. The number of nitrogens with zero attached hydrogens (tertiary/aromatic N) is 3. The van der Waals surface area contributed by atoms with Crippen LogP contribution in [0.3, 0.4) is 0 Å². The summed E-state index contributed by atoms with van der Waals surface area (Å²) >= 11 is 0. The Bertz CT molecular complexity index is 1140. The minimum Gasteiger partial charge on any atom is -0.344 e. The normalized spacial score (nSPS) is 25.0. The quantitative estimate of drug-likeness (QED) is 0.786. The molecule has 6 rings (SSSR count). The van der Waals surface area contributed by atoms with Gasteiger partial charge in [-0.1, -0.05) is 36.4 Å². The molecule has 1 spiro atoms. The molecule has 32 heavy (non-hydrogen) atoms. The summed E-state index contributed by atoms with van der Waals surface area (Å²) in [6.07, 6.45) is 9.30. The smallest absolute Gasteiger partial charge is 0.324 e. The second-order valence-electron chi connectivity index (χ2n) is 8.90. The van der Waals surface area contributed by atoms with Crippen LogP contribution in [0, 0.1) is 0 Å². The molecule has 2 atom stereocenters. The molecule has 162 valence electrons. The average molecular weight is 428 g/mol. The molecule has 2 unspecified atom stereocenters. The molecule has 2 fully saturated rings. The fourth-order valence-corrected chi connectivity index (χ4v) is 5.49. The molecule has 0 radical (unpaired) electrons. The van der Waals surface area contributed by atoms with Crippen molar-refractivity contribution >= 4 is 29.5 Å². The number of hydrogen-bond donors (Lipinski definition) is 2. The van der Waals surface area contributed by atoms with Crippen molar-refractivity contribution in [1.29, 1.82) is 0 Å². The van der Waals surface area contributed by atoms with E-state index in [1.165, 1.54) is 5.56 Å². The number of aliphatic imine (C=N–C) groups is 1. The van der Waals surface area contributed by atoms with Crippen LogP contribution in [0.15, 0.2) is 65.7 Å². The first-order valence-electron chi connectivity index (χ1n) is 11.2.